The fraction of sp³-hybridized carbons (Fsp3) is 0.615. The fourth-order valence-corrected chi connectivity index (χ4v) is 2.08. The Kier molecular flexibility index (Phi) is 5.12. The smallest absolute Gasteiger partial charge is 0.323 e. The van der Waals surface area contributed by atoms with E-state index in [1.165, 1.54) is 4.90 Å². The summed E-state index contributed by atoms with van der Waals surface area (Å²) in [5.74, 6) is -0.400. The van der Waals surface area contributed by atoms with Gasteiger partial charge in [-0.15, -0.1) is 0 Å². The second-order valence-corrected chi connectivity index (χ2v) is 5.02. The molecule has 1 atom stereocenters. The molecule has 0 aliphatic heterocycles. The lowest BCUT2D eigenvalue weighted by Gasteiger charge is -2.27. The van der Waals surface area contributed by atoms with Crippen LogP contribution >= 0.6 is 0 Å². The number of carbonyl (C=O) groups is 2. The number of nitrogens with zero attached hydrogens (tertiary/aromatic N) is 2. The Labute approximate surface area is 117 Å². The van der Waals surface area contributed by atoms with Gasteiger partial charge in [0.05, 0.1) is 11.7 Å². The van der Waals surface area contributed by atoms with Crippen LogP contribution in [-0.2, 0) is 4.79 Å². The van der Waals surface area contributed by atoms with Crippen LogP contribution in [0.3, 0.4) is 0 Å². The summed E-state index contributed by atoms with van der Waals surface area (Å²) in [5.41, 5.74) is 1.53. The van der Waals surface area contributed by atoms with Crippen molar-refractivity contribution in [2.24, 2.45) is 0 Å². The second kappa shape index (κ2) is 6.40. The van der Waals surface area contributed by atoms with Gasteiger partial charge < -0.3 is 19.8 Å². The minimum Gasteiger partial charge on any atom is -0.480 e. The van der Waals surface area contributed by atoms with Crippen LogP contribution < -0.4 is 5.32 Å². The van der Waals surface area contributed by atoms with E-state index in [1.54, 1.807) is 27.7 Å². The van der Waals surface area contributed by atoms with Crippen molar-refractivity contribution in [1.29, 1.82) is 0 Å². The number of carboxylic acid groups (broad SMARTS) is 1. The first-order valence-corrected chi connectivity index (χ1v) is 6.45. The zero-order valence-corrected chi connectivity index (χ0v) is 12.4. The van der Waals surface area contributed by atoms with Crippen molar-refractivity contribution < 1.29 is 19.2 Å². The van der Waals surface area contributed by atoms with Gasteiger partial charge in [-0.1, -0.05) is 5.16 Å². The summed E-state index contributed by atoms with van der Waals surface area (Å²) in [6, 6.07) is -0.929. The van der Waals surface area contributed by atoms with Crippen molar-refractivity contribution in [3.8, 4) is 0 Å². The van der Waals surface area contributed by atoms with E-state index in [4.69, 9.17) is 9.63 Å². The van der Waals surface area contributed by atoms with Gasteiger partial charge in [-0.25, -0.2) is 4.79 Å². The van der Waals surface area contributed by atoms with Gasteiger partial charge in [0.15, 0.2) is 0 Å². The number of hydrogen-bond acceptors (Lipinski definition) is 4. The predicted molar refractivity (Wildman–Crippen MR) is 72.4 cm³/mol. The topological polar surface area (TPSA) is 95.7 Å². The average Bonchev–Trinajstić information content (AvgIpc) is 2.65. The maximum absolute atomic E-state index is 12.1. The molecule has 0 saturated heterocycles. The number of aryl methyl sites for hydroxylation is 2. The van der Waals surface area contributed by atoms with Gasteiger partial charge >= 0.3 is 12.0 Å². The van der Waals surface area contributed by atoms with E-state index in [0.717, 1.165) is 5.56 Å². The van der Waals surface area contributed by atoms with E-state index in [1.807, 2.05) is 6.92 Å². The summed E-state index contributed by atoms with van der Waals surface area (Å²) >= 11 is 0. The first kappa shape index (κ1) is 16.0. The normalized spacial score (nSPS) is 12.3. The Morgan fingerprint density at radius 2 is 1.95 bits per heavy atom. The number of carboxylic acids is 1. The Balaban J connectivity index is 2.80. The van der Waals surface area contributed by atoms with E-state index in [0.29, 0.717) is 11.5 Å². The molecule has 1 unspecified atom stereocenters. The van der Waals surface area contributed by atoms with E-state index in [9.17, 15) is 9.59 Å². The number of amides is 2. The van der Waals surface area contributed by atoms with Crippen molar-refractivity contribution in [2.75, 3.05) is 6.54 Å². The minimum absolute atomic E-state index is 0.206. The predicted octanol–water partition coefficient (Wildman–Crippen LogP) is 1.86. The molecule has 0 saturated carbocycles. The van der Waals surface area contributed by atoms with E-state index < -0.39 is 12.0 Å². The van der Waals surface area contributed by atoms with Crippen LogP contribution in [0.4, 0.5) is 4.79 Å². The number of aromatic nitrogens is 1. The lowest BCUT2D eigenvalue weighted by Crippen LogP contribution is -2.47. The highest BCUT2D eigenvalue weighted by Crippen LogP contribution is 2.21. The van der Waals surface area contributed by atoms with Crippen LogP contribution in [0, 0.1) is 13.8 Å². The quantitative estimate of drug-likeness (QED) is 0.859. The van der Waals surface area contributed by atoms with Crippen molar-refractivity contribution in [3.63, 3.8) is 0 Å². The van der Waals surface area contributed by atoms with Crippen LogP contribution in [0.5, 0.6) is 0 Å². The summed E-state index contributed by atoms with van der Waals surface area (Å²) in [6.45, 7) is 8.58. The zero-order valence-electron chi connectivity index (χ0n) is 12.4. The third-order valence-corrected chi connectivity index (χ3v) is 3.05. The monoisotopic (exact) mass is 283 g/mol. The number of urea groups is 1. The highest BCUT2D eigenvalue weighted by molar-refractivity contribution is 5.80. The van der Waals surface area contributed by atoms with E-state index in [-0.39, 0.29) is 18.6 Å². The zero-order chi connectivity index (χ0) is 15.4. The molecule has 0 aliphatic rings. The number of hydrogen-bond donors (Lipinski definition) is 2. The Hall–Kier alpha value is -2.05. The van der Waals surface area contributed by atoms with Gasteiger partial charge in [-0.3, -0.25) is 4.79 Å². The lowest BCUT2D eigenvalue weighted by atomic mass is 10.1. The van der Waals surface area contributed by atoms with Gasteiger partial charge in [0.25, 0.3) is 0 Å². The molecule has 0 bridgehead atoms. The van der Waals surface area contributed by atoms with Gasteiger partial charge in [0.2, 0.25) is 0 Å². The molecule has 1 rings (SSSR count). The summed E-state index contributed by atoms with van der Waals surface area (Å²) in [6.07, 6.45) is 0. The third-order valence-electron chi connectivity index (χ3n) is 3.05. The largest absolute Gasteiger partial charge is 0.480 e. The maximum atomic E-state index is 12.1. The Morgan fingerprint density at radius 1 is 1.35 bits per heavy atom. The Bertz CT molecular complexity index is 476. The molecule has 7 heteroatoms. The molecule has 0 spiro atoms. The first-order chi connectivity index (χ1) is 9.23. The maximum Gasteiger partial charge on any atom is 0.323 e. The third kappa shape index (κ3) is 3.72. The van der Waals surface area contributed by atoms with Crippen LogP contribution in [0.1, 0.15) is 43.8 Å². The molecule has 7 nitrogen and oxygen atoms in total. The standard InChI is InChI=1S/C13H21N3O4/c1-7(2)16(6-11(17)18)13(19)14-8(3)12-9(4)15-20-10(12)5/h7-8H,6H2,1-5H3,(H,14,19)(H,17,18). The molecule has 0 aliphatic carbocycles. The molecule has 0 aromatic carbocycles. The second-order valence-electron chi connectivity index (χ2n) is 5.02. The molecule has 1 aromatic rings. The number of rotatable bonds is 5. The van der Waals surface area contributed by atoms with Gasteiger partial charge in [-0.05, 0) is 34.6 Å². The van der Waals surface area contributed by atoms with Crippen LogP contribution in [-0.4, -0.2) is 39.8 Å². The number of aliphatic carboxylic acids is 1. The van der Waals surface area contributed by atoms with Crippen molar-refractivity contribution in [1.82, 2.24) is 15.4 Å². The van der Waals surface area contributed by atoms with Gasteiger partial charge in [0.1, 0.15) is 12.3 Å². The summed E-state index contributed by atoms with van der Waals surface area (Å²) in [4.78, 5) is 24.2. The van der Waals surface area contributed by atoms with Crippen molar-refractivity contribution in [3.05, 3.63) is 17.0 Å². The molecular formula is C13H21N3O4. The van der Waals surface area contributed by atoms with Crippen LogP contribution in [0.25, 0.3) is 0 Å². The lowest BCUT2D eigenvalue weighted by molar-refractivity contribution is -0.138. The van der Waals surface area contributed by atoms with Crippen molar-refractivity contribution >= 4 is 12.0 Å². The summed E-state index contributed by atoms with van der Waals surface area (Å²) in [7, 11) is 0. The molecule has 0 radical (unpaired) electrons. The number of carbonyl (C=O) groups excluding carboxylic acids is 1. The van der Waals surface area contributed by atoms with Crippen LogP contribution in [0.2, 0.25) is 0 Å². The molecule has 0 fully saturated rings. The molecule has 1 heterocycles. The fourth-order valence-electron chi connectivity index (χ4n) is 2.08. The molecule has 1 aromatic heterocycles. The average molecular weight is 283 g/mol. The molecule has 112 valence electrons. The van der Waals surface area contributed by atoms with Crippen molar-refractivity contribution in [2.45, 2.75) is 46.7 Å². The van der Waals surface area contributed by atoms with Gasteiger partial charge in [-0.2, -0.15) is 0 Å². The summed E-state index contributed by atoms with van der Waals surface area (Å²) in [5, 5.41) is 15.5. The number of nitrogens with one attached hydrogen (secondary N) is 1. The van der Waals surface area contributed by atoms with Crippen LogP contribution in [0.15, 0.2) is 4.52 Å². The Morgan fingerprint density at radius 3 is 2.35 bits per heavy atom. The highest BCUT2D eigenvalue weighted by atomic mass is 16.5. The summed E-state index contributed by atoms with van der Waals surface area (Å²) < 4.78 is 5.06. The molecule has 20 heavy (non-hydrogen) atoms. The minimum atomic E-state index is -1.04. The SMILES string of the molecule is Cc1noc(C)c1C(C)NC(=O)N(CC(=O)O)C(C)C. The first-order valence-electron chi connectivity index (χ1n) is 6.45. The molecule has 2 amide bonds. The van der Waals surface area contributed by atoms with E-state index in [2.05, 4.69) is 10.5 Å². The highest BCUT2D eigenvalue weighted by Gasteiger charge is 2.24. The molecular weight excluding hydrogens is 262 g/mol. The molecule has 2 N–H and O–H groups in total. The van der Waals surface area contributed by atoms with Gasteiger partial charge in [0, 0.05) is 11.6 Å². The van der Waals surface area contributed by atoms with E-state index >= 15 is 0 Å².